The van der Waals surface area contributed by atoms with E-state index in [2.05, 4.69) is 0 Å². The molecule has 7 rings (SSSR count). The third kappa shape index (κ3) is 10.1. The fourth-order valence-electron chi connectivity index (χ4n) is 6.18. The largest absolute Gasteiger partial charge is 0.307 e. The van der Waals surface area contributed by atoms with Crippen molar-refractivity contribution >= 4 is 73.1 Å². The zero-order valence-corrected chi connectivity index (χ0v) is 37.2. The molecule has 0 aliphatic rings. The molecule has 6 nitrogen and oxygen atoms in total. The normalized spacial score (nSPS) is 11.9. The van der Waals surface area contributed by atoms with Gasteiger partial charge in [-0.05, 0) is 159 Å². The summed E-state index contributed by atoms with van der Waals surface area (Å²) in [6, 6.07) is 52.4. The van der Waals surface area contributed by atoms with Crippen LogP contribution in [0.25, 0.3) is 0 Å². The predicted molar refractivity (Wildman–Crippen MR) is 243 cm³/mol. The van der Waals surface area contributed by atoms with E-state index in [0.29, 0.717) is 31.4 Å². The number of Topliss-reactive ketones (excluding diaryl/α,β-unsaturated/α-hetero) is 3. The van der Waals surface area contributed by atoms with Crippen LogP contribution in [-0.4, -0.2) is 25.8 Å². The quantitative estimate of drug-likeness (QED) is 0.0933. The second-order valence-electron chi connectivity index (χ2n) is 13.9. The molecule has 0 aromatic heterocycles. The number of benzene rings is 7. The number of rotatable bonds is 15. The van der Waals surface area contributed by atoms with E-state index in [9.17, 15) is 22.8 Å². The Morgan fingerprint density at radius 1 is 0.367 bits per heavy atom. The number of hydrogen-bond donors (Lipinski definition) is 0. The van der Waals surface area contributed by atoms with Gasteiger partial charge in [-0.15, -0.1) is 0 Å². The molecule has 302 valence electrons. The molecule has 0 amide bonds. The number of hydrogen-bond acceptors (Lipinski definition) is 9. The van der Waals surface area contributed by atoms with E-state index < -0.39 is 20.4 Å². The van der Waals surface area contributed by atoms with Crippen molar-refractivity contribution in [3.63, 3.8) is 0 Å². The highest BCUT2D eigenvalue weighted by Gasteiger charge is 2.38. The van der Waals surface area contributed by atoms with Crippen LogP contribution in [0.4, 0.5) is 0 Å². The molecule has 0 saturated carbocycles. The summed E-state index contributed by atoms with van der Waals surface area (Å²) < 4.78 is 35.8. The molecule has 0 aliphatic heterocycles. The van der Waals surface area contributed by atoms with E-state index in [-0.39, 0.29) is 22.2 Å². The van der Waals surface area contributed by atoms with Gasteiger partial charge in [0.2, 0.25) is 0 Å². The average molecular weight is 885 g/mol. The maximum absolute atomic E-state index is 14.5. The average Bonchev–Trinajstić information content (AvgIpc) is 3.24. The van der Waals surface area contributed by atoms with Gasteiger partial charge in [0, 0.05) is 60.7 Å². The molecule has 0 radical (unpaired) electrons. The van der Waals surface area contributed by atoms with Crippen LogP contribution < -0.4 is 0 Å². The van der Waals surface area contributed by atoms with Crippen molar-refractivity contribution in [2.45, 2.75) is 76.6 Å². The Morgan fingerprint density at radius 3 is 0.850 bits per heavy atom. The molecule has 0 bridgehead atoms. The van der Waals surface area contributed by atoms with E-state index in [1.165, 1.54) is 35.3 Å². The lowest BCUT2D eigenvalue weighted by molar-refractivity contribution is 0.100. The van der Waals surface area contributed by atoms with E-state index in [0.717, 1.165) is 34.9 Å². The van der Waals surface area contributed by atoms with Gasteiger partial charge >= 0.3 is 10.1 Å². The monoisotopic (exact) mass is 884 g/mol. The van der Waals surface area contributed by atoms with Gasteiger partial charge in [-0.2, -0.15) is 8.42 Å². The summed E-state index contributed by atoms with van der Waals surface area (Å²) >= 11 is 4.61. The van der Waals surface area contributed by atoms with Crippen LogP contribution in [0.2, 0.25) is 0 Å². The summed E-state index contributed by atoms with van der Waals surface area (Å²) in [5.74, 6) is 0.00195. The topological polar surface area (TPSA) is 94.6 Å². The molecule has 0 heterocycles. The van der Waals surface area contributed by atoms with E-state index in [1.807, 2.05) is 153 Å². The molecule has 0 atom stereocenters. The summed E-state index contributed by atoms with van der Waals surface area (Å²) in [5, 5.41) is 0. The molecule has 0 unspecified atom stereocenters. The number of carbonyl (C=O) groups is 3. The highest BCUT2D eigenvalue weighted by Crippen LogP contribution is 2.70. The van der Waals surface area contributed by atoms with Crippen LogP contribution in [0.3, 0.4) is 0 Å². The molecule has 0 saturated heterocycles. The van der Waals surface area contributed by atoms with Gasteiger partial charge in [-0.1, -0.05) is 89.4 Å². The van der Waals surface area contributed by atoms with Crippen molar-refractivity contribution in [3.05, 3.63) is 192 Å². The first-order valence-electron chi connectivity index (χ1n) is 18.8. The summed E-state index contributed by atoms with van der Waals surface area (Å²) in [6.45, 7) is 6.53. The summed E-state index contributed by atoms with van der Waals surface area (Å²) in [4.78, 5) is 43.3. The molecule has 7 aromatic rings. The van der Waals surface area contributed by atoms with Crippen molar-refractivity contribution in [2.75, 3.05) is 0 Å². The minimum absolute atomic E-state index is 0.000651. The lowest BCUT2D eigenvalue weighted by Crippen LogP contribution is -2.14. The van der Waals surface area contributed by atoms with Crippen molar-refractivity contribution in [1.29, 1.82) is 0 Å². The Morgan fingerprint density at radius 2 is 0.600 bits per heavy atom. The first kappa shape index (κ1) is 43.0. The Kier molecular flexibility index (Phi) is 13.3. The highest BCUT2D eigenvalue weighted by molar-refractivity contribution is 8.33. The highest BCUT2D eigenvalue weighted by atomic mass is 32.3. The first-order valence-corrected chi connectivity index (χ1v) is 24.2. The Balaban J connectivity index is 1.33. The summed E-state index contributed by atoms with van der Waals surface area (Å²) in [7, 11) is -7.34. The van der Waals surface area contributed by atoms with Crippen LogP contribution >= 0.6 is 45.6 Å². The van der Waals surface area contributed by atoms with Crippen LogP contribution in [-0.2, 0) is 13.7 Å². The zero-order valence-electron chi connectivity index (χ0n) is 33.2. The lowest BCUT2D eigenvalue weighted by atomic mass is 10.2. The molecule has 0 aliphatic carbocycles. The summed E-state index contributed by atoms with van der Waals surface area (Å²) in [5.41, 5.74) is 2.84. The van der Waals surface area contributed by atoms with Gasteiger partial charge in [-0.25, -0.2) is 3.63 Å². The Bertz CT molecular complexity index is 2500. The van der Waals surface area contributed by atoms with Crippen molar-refractivity contribution in [1.82, 2.24) is 0 Å². The SMILES string of the molecule is CC(=O)c1ccc(Sc2ccc(S(OS(=O)(=O)c3ccc(C)cc3)(c3ccc(Sc4ccc(C(C)=O)cc4)cc3)c3ccc(Sc4ccc(C(C)=O)cc4)cc3)cc2)cc1. The standard InChI is InChI=1S/C49H40O6S5/c1-33-5-25-49(26-6-33)60(53,54)55-59(46-27-19-43(20-28-46)56-40-13-7-37(8-14-40)34(2)50,47-29-21-44(22-30-47)57-41-15-9-38(10-16-41)35(3)51)48-31-23-45(24-32-48)58-42-17-11-39(12-18-42)36(4)52/h5-32H,1-4H3. The maximum atomic E-state index is 14.5. The minimum atomic E-state index is -4.35. The van der Waals surface area contributed by atoms with Gasteiger partial charge < -0.3 is 0 Å². The predicted octanol–water partition coefficient (Wildman–Crippen LogP) is 13.7. The van der Waals surface area contributed by atoms with Gasteiger partial charge in [0.15, 0.2) is 17.3 Å². The fourth-order valence-corrected chi connectivity index (χ4v) is 13.8. The van der Waals surface area contributed by atoms with Crippen molar-refractivity contribution < 1.29 is 26.4 Å². The van der Waals surface area contributed by atoms with Crippen LogP contribution in [0.15, 0.2) is 219 Å². The molecule has 60 heavy (non-hydrogen) atoms. The number of ketones is 3. The molecule has 0 spiro atoms. The van der Waals surface area contributed by atoms with Gasteiger partial charge in [0.1, 0.15) is 0 Å². The second kappa shape index (κ2) is 18.6. The lowest BCUT2D eigenvalue weighted by Gasteiger charge is -2.39. The Hall–Kier alpha value is -5.14. The second-order valence-corrected chi connectivity index (χ2v) is 21.7. The van der Waals surface area contributed by atoms with E-state index in [4.69, 9.17) is 3.63 Å². The van der Waals surface area contributed by atoms with E-state index >= 15 is 0 Å². The summed E-state index contributed by atoms with van der Waals surface area (Å²) in [6.07, 6.45) is 0. The molecule has 11 heteroatoms. The fraction of sp³-hybridized carbons (Fsp3) is 0.0816. The third-order valence-corrected chi connectivity index (χ3v) is 17.7. The first-order chi connectivity index (χ1) is 28.8. The van der Waals surface area contributed by atoms with Gasteiger partial charge in [0.25, 0.3) is 0 Å². The van der Waals surface area contributed by atoms with E-state index in [1.54, 1.807) is 45.0 Å². The maximum Gasteiger partial charge on any atom is 0.307 e. The number of aryl methyl sites for hydroxylation is 1. The molecule has 0 N–H and O–H groups in total. The van der Waals surface area contributed by atoms with Crippen LogP contribution in [0.1, 0.15) is 57.4 Å². The molecular weight excluding hydrogens is 845 g/mol. The molecular formula is C49H40O6S5. The Labute approximate surface area is 365 Å². The van der Waals surface area contributed by atoms with Crippen LogP contribution in [0, 0.1) is 6.92 Å². The van der Waals surface area contributed by atoms with Crippen LogP contribution in [0.5, 0.6) is 0 Å². The van der Waals surface area contributed by atoms with Gasteiger partial charge in [-0.3, -0.25) is 14.4 Å². The third-order valence-electron chi connectivity index (χ3n) is 9.46. The molecule has 7 aromatic carbocycles. The van der Waals surface area contributed by atoms with Crippen molar-refractivity contribution in [2.24, 2.45) is 0 Å². The smallest absolute Gasteiger partial charge is 0.295 e. The molecule has 0 fully saturated rings. The number of carbonyl (C=O) groups excluding carboxylic acids is 3. The zero-order chi connectivity index (χ0) is 42.4. The van der Waals surface area contributed by atoms with Crippen molar-refractivity contribution in [3.8, 4) is 0 Å². The van der Waals surface area contributed by atoms with Gasteiger partial charge in [0.05, 0.1) is 4.90 Å². The minimum Gasteiger partial charge on any atom is -0.295 e.